The van der Waals surface area contributed by atoms with E-state index in [2.05, 4.69) is 10.2 Å². The Morgan fingerprint density at radius 1 is 1.00 bits per heavy atom. The zero-order valence-corrected chi connectivity index (χ0v) is 14.7. The molecule has 1 N–H and O–H groups in total. The Morgan fingerprint density at radius 2 is 1.52 bits per heavy atom. The van der Waals surface area contributed by atoms with Gasteiger partial charge in [-0.25, -0.2) is 0 Å². The lowest BCUT2D eigenvalue weighted by molar-refractivity contribution is 0.0988. The molecule has 0 amide bonds. The van der Waals surface area contributed by atoms with Crippen molar-refractivity contribution >= 4 is 29.0 Å². The Balaban J connectivity index is 1.93. The van der Waals surface area contributed by atoms with E-state index in [0.717, 1.165) is 10.6 Å². The van der Waals surface area contributed by atoms with Gasteiger partial charge in [0.2, 0.25) is 0 Å². The second-order valence-corrected chi connectivity index (χ2v) is 6.46. The van der Waals surface area contributed by atoms with Crippen LogP contribution in [0.1, 0.15) is 22.0 Å². The van der Waals surface area contributed by atoms with Crippen LogP contribution in [0.15, 0.2) is 48.5 Å². The molecule has 1 unspecified atom stereocenters. The smallest absolute Gasteiger partial charge is 0.176 e. The molecule has 0 aliphatic heterocycles. The molecule has 0 radical (unpaired) electrons. The third kappa shape index (κ3) is 5.33. The molecular weight excluding hydrogens is 331 g/mol. The summed E-state index contributed by atoms with van der Waals surface area (Å²) in [5.41, 5.74) is 1.82. The van der Waals surface area contributed by atoms with Gasteiger partial charge in [-0.1, -0.05) is 35.3 Å². The lowest BCUT2D eigenvalue weighted by Gasteiger charge is -2.25. The maximum Gasteiger partial charge on any atom is 0.176 e. The highest BCUT2D eigenvalue weighted by molar-refractivity contribution is 6.30. The van der Waals surface area contributed by atoms with Gasteiger partial charge in [-0.15, -0.1) is 0 Å². The molecule has 0 bridgehead atoms. The van der Waals surface area contributed by atoms with Gasteiger partial charge < -0.3 is 10.2 Å². The van der Waals surface area contributed by atoms with Crippen LogP contribution in [-0.4, -0.2) is 37.9 Å². The number of Topliss-reactive ketones (excluding diaryl/α,β-unsaturated/α-hetero) is 1. The first-order valence-electron chi connectivity index (χ1n) is 7.39. The first kappa shape index (κ1) is 18.0. The summed E-state index contributed by atoms with van der Waals surface area (Å²) < 4.78 is 0. The molecule has 0 aromatic heterocycles. The monoisotopic (exact) mass is 350 g/mol. The van der Waals surface area contributed by atoms with Crippen molar-refractivity contribution in [2.45, 2.75) is 6.04 Å². The second kappa shape index (κ2) is 8.46. The number of carbonyl (C=O) groups excluding carboxylic acids is 1. The fraction of sp³-hybridized carbons (Fsp3) is 0.278. The molecular formula is C18H20Cl2N2O. The SMILES string of the molecule is CN(C)C(CNCC(=O)c1ccc(Cl)cc1)c1ccc(Cl)cc1. The molecule has 0 fully saturated rings. The lowest BCUT2D eigenvalue weighted by Crippen LogP contribution is -2.33. The standard InChI is InChI=1S/C18H20Cl2N2O/c1-22(2)17(13-3-7-15(19)8-4-13)11-21-12-18(23)14-5-9-16(20)10-6-14/h3-10,17,21H,11-12H2,1-2H3. The number of benzene rings is 2. The van der Waals surface area contributed by atoms with Crippen molar-refractivity contribution in [3.8, 4) is 0 Å². The number of hydrogen-bond donors (Lipinski definition) is 1. The van der Waals surface area contributed by atoms with E-state index in [-0.39, 0.29) is 11.8 Å². The topological polar surface area (TPSA) is 32.3 Å². The third-order valence-electron chi connectivity index (χ3n) is 3.67. The summed E-state index contributed by atoms with van der Waals surface area (Å²) in [7, 11) is 4.03. The molecule has 122 valence electrons. The van der Waals surface area contributed by atoms with Gasteiger partial charge in [-0.2, -0.15) is 0 Å². The average molecular weight is 351 g/mol. The Morgan fingerprint density at radius 3 is 2.04 bits per heavy atom. The highest BCUT2D eigenvalue weighted by Crippen LogP contribution is 2.19. The molecule has 0 spiro atoms. The van der Waals surface area contributed by atoms with Gasteiger partial charge in [0.1, 0.15) is 0 Å². The largest absolute Gasteiger partial charge is 0.308 e. The number of likely N-dealkylation sites (N-methyl/N-ethyl adjacent to an activating group) is 1. The van der Waals surface area contributed by atoms with Gasteiger partial charge in [0.15, 0.2) is 5.78 Å². The predicted molar refractivity (Wildman–Crippen MR) is 96.5 cm³/mol. The number of nitrogens with one attached hydrogen (secondary N) is 1. The van der Waals surface area contributed by atoms with Gasteiger partial charge in [0, 0.05) is 28.2 Å². The van der Waals surface area contributed by atoms with Crippen molar-refractivity contribution in [3.05, 3.63) is 69.7 Å². The van der Waals surface area contributed by atoms with Crippen LogP contribution < -0.4 is 5.32 Å². The van der Waals surface area contributed by atoms with Crippen LogP contribution in [-0.2, 0) is 0 Å². The summed E-state index contributed by atoms with van der Waals surface area (Å²) in [6.45, 7) is 0.966. The van der Waals surface area contributed by atoms with Crippen molar-refractivity contribution < 1.29 is 4.79 Å². The molecule has 0 heterocycles. The molecule has 0 saturated carbocycles. The van der Waals surface area contributed by atoms with Crippen LogP contribution in [0.25, 0.3) is 0 Å². The van der Waals surface area contributed by atoms with Crippen molar-refractivity contribution in [3.63, 3.8) is 0 Å². The zero-order valence-electron chi connectivity index (χ0n) is 13.2. The number of rotatable bonds is 7. The number of ketones is 1. The summed E-state index contributed by atoms with van der Waals surface area (Å²) in [5, 5.41) is 4.58. The number of nitrogens with zero attached hydrogens (tertiary/aromatic N) is 1. The highest BCUT2D eigenvalue weighted by atomic mass is 35.5. The molecule has 2 aromatic rings. The van der Waals surface area contributed by atoms with Crippen molar-refractivity contribution in [2.75, 3.05) is 27.2 Å². The quantitative estimate of drug-likeness (QED) is 0.764. The van der Waals surface area contributed by atoms with Crippen LogP contribution in [0, 0.1) is 0 Å². The predicted octanol–water partition coefficient (Wildman–Crippen LogP) is 4.07. The zero-order chi connectivity index (χ0) is 16.8. The fourth-order valence-electron chi connectivity index (χ4n) is 2.34. The maximum absolute atomic E-state index is 12.2. The summed E-state index contributed by atoms with van der Waals surface area (Å²) >= 11 is 11.8. The average Bonchev–Trinajstić information content (AvgIpc) is 2.53. The minimum atomic E-state index is 0.0512. The van der Waals surface area contributed by atoms with E-state index in [0.29, 0.717) is 23.7 Å². The van der Waals surface area contributed by atoms with Crippen LogP contribution in [0.5, 0.6) is 0 Å². The van der Waals surface area contributed by atoms with E-state index in [1.807, 2.05) is 38.4 Å². The van der Waals surface area contributed by atoms with E-state index in [1.54, 1.807) is 24.3 Å². The Bertz CT molecular complexity index is 639. The van der Waals surface area contributed by atoms with Crippen LogP contribution in [0.2, 0.25) is 10.0 Å². The van der Waals surface area contributed by atoms with Gasteiger partial charge in [-0.3, -0.25) is 4.79 Å². The molecule has 0 aliphatic carbocycles. The minimum absolute atomic E-state index is 0.0512. The highest BCUT2D eigenvalue weighted by Gasteiger charge is 2.14. The second-order valence-electron chi connectivity index (χ2n) is 5.59. The first-order valence-corrected chi connectivity index (χ1v) is 8.14. The molecule has 5 heteroatoms. The van der Waals surface area contributed by atoms with Gasteiger partial charge in [0.05, 0.1) is 6.54 Å². The summed E-state index contributed by atoms with van der Waals surface area (Å²) in [6.07, 6.45) is 0. The molecule has 3 nitrogen and oxygen atoms in total. The normalized spacial score (nSPS) is 12.4. The maximum atomic E-state index is 12.2. The number of hydrogen-bond acceptors (Lipinski definition) is 3. The van der Waals surface area contributed by atoms with E-state index in [4.69, 9.17) is 23.2 Å². The summed E-state index contributed by atoms with van der Waals surface area (Å²) in [5.74, 6) is 0.0512. The number of halogens is 2. The molecule has 0 saturated heterocycles. The Kier molecular flexibility index (Phi) is 6.60. The van der Waals surface area contributed by atoms with E-state index in [9.17, 15) is 4.79 Å². The molecule has 23 heavy (non-hydrogen) atoms. The molecule has 0 aliphatic rings. The molecule has 1 atom stereocenters. The van der Waals surface area contributed by atoms with Gasteiger partial charge >= 0.3 is 0 Å². The fourth-order valence-corrected chi connectivity index (χ4v) is 2.60. The summed E-state index contributed by atoms with van der Waals surface area (Å²) in [6, 6.07) is 14.9. The van der Waals surface area contributed by atoms with Crippen molar-refractivity contribution in [2.24, 2.45) is 0 Å². The minimum Gasteiger partial charge on any atom is -0.308 e. The van der Waals surface area contributed by atoms with Gasteiger partial charge in [0.25, 0.3) is 0 Å². The van der Waals surface area contributed by atoms with E-state index >= 15 is 0 Å². The third-order valence-corrected chi connectivity index (χ3v) is 4.17. The van der Waals surface area contributed by atoms with Crippen LogP contribution in [0.4, 0.5) is 0 Å². The lowest BCUT2D eigenvalue weighted by atomic mass is 10.1. The number of carbonyl (C=O) groups is 1. The molecule has 2 rings (SSSR count). The molecule has 2 aromatic carbocycles. The van der Waals surface area contributed by atoms with Crippen molar-refractivity contribution in [1.29, 1.82) is 0 Å². The van der Waals surface area contributed by atoms with Crippen LogP contribution >= 0.6 is 23.2 Å². The van der Waals surface area contributed by atoms with Crippen molar-refractivity contribution in [1.82, 2.24) is 10.2 Å². The van der Waals surface area contributed by atoms with E-state index in [1.165, 1.54) is 0 Å². The van der Waals surface area contributed by atoms with E-state index < -0.39 is 0 Å². The first-order chi connectivity index (χ1) is 11.0. The van der Waals surface area contributed by atoms with Gasteiger partial charge in [-0.05, 0) is 56.1 Å². The Labute approximate surface area is 147 Å². The summed E-state index contributed by atoms with van der Waals surface area (Å²) in [4.78, 5) is 14.3. The van der Waals surface area contributed by atoms with Crippen LogP contribution in [0.3, 0.4) is 0 Å². The Hall–Kier alpha value is -1.39.